The highest BCUT2D eigenvalue weighted by Crippen LogP contribution is 2.29. The van der Waals surface area contributed by atoms with Crippen molar-refractivity contribution in [3.05, 3.63) is 41.4 Å². The fourth-order valence-electron chi connectivity index (χ4n) is 4.29. The van der Waals surface area contributed by atoms with Gasteiger partial charge in [-0.1, -0.05) is 39.3 Å². The molecule has 0 bridgehead atoms. The number of carbonyl (C=O) groups is 1. The van der Waals surface area contributed by atoms with Crippen LogP contribution in [0.25, 0.3) is 0 Å². The molecule has 1 amide bonds. The number of nitrogens with zero attached hydrogens (tertiary/aromatic N) is 4. The Morgan fingerprint density at radius 1 is 1.28 bits per heavy atom. The van der Waals surface area contributed by atoms with Crippen LogP contribution < -0.4 is 9.64 Å². The number of carbonyl (C=O) groups excluding carboxylic acids is 1. The summed E-state index contributed by atoms with van der Waals surface area (Å²) in [5, 5.41) is -0.0109. The number of amides is 1. The van der Waals surface area contributed by atoms with Crippen LogP contribution in [0.4, 0.5) is 10.2 Å². The van der Waals surface area contributed by atoms with E-state index >= 15 is 0 Å². The second-order valence-electron chi connectivity index (χ2n) is 9.85. The first kappa shape index (κ1) is 24.2. The number of hydrogen-bond donors (Lipinski definition) is 0. The topological polar surface area (TPSA) is 58.6 Å². The van der Waals surface area contributed by atoms with Gasteiger partial charge in [0.15, 0.2) is 0 Å². The number of aromatic nitrogens is 2. The molecule has 0 radical (unpaired) electrons. The third-order valence-electron chi connectivity index (χ3n) is 5.50. The molecule has 1 aliphatic heterocycles. The highest BCUT2D eigenvalue weighted by molar-refractivity contribution is 6.30. The summed E-state index contributed by atoms with van der Waals surface area (Å²) in [5.74, 6) is 1.54. The van der Waals surface area contributed by atoms with Gasteiger partial charge in [0.05, 0.1) is 5.02 Å². The van der Waals surface area contributed by atoms with E-state index in [0.717, 1.165) is 12.2 Å². The van der Waals surface area contributed by atoms with Crippen LogP contribution in [-0.4, -0.2) is 46.5 Å². The lowest BCUT2D eigenvalue weighted by molar-refractivity contribution is -0.134. The molecule has 0 saturated carbocycles. The Bertz CT molecular complexity index is 950. The van der Waals surface area contributed by atoms with Crippen molar-refractivity contribution in [2.45, 2.75) is 53.5 Å². The van der Waals surface area contributed by atoms with Gasteiger partial charge in [-0.15, -0.1) is 0 Å². The van der Waals surface area contributed by atoms with Crippen LogP contribution in [0.15, 0.2) is 30.6 Å². The Kier molecular flexibility index (Phi) is 7.59. The van der Waals surface area contributed by atoms with Crippen LogP contribution in [0.5, 0.6) is 11.6 Å². The van der Waals surface area contributed by atoms with Crippen molar-refractivity contribution in [3.63, 3.8) is 0 Å². The lowest BCUT2D eigenvalue weighted by Crippen LogP contribution is -2.54. The summed E-state index contributed by atoms with van der Waals surface area (Å²) in [7, 11) is 0. The minimum Gasteiger partial charge on any atom is -0.439 e. The number of piperazine rings is 1. The van der Waals surface area contributed by atoms with E-state index in [4.69, 9.17) is 16.3 Å². The standard InChI is InChI=1S/C24H32ClFN4O2/c1-16(13-24(3,4)5)10-23(31)30-9-8-29(14-17(30)2)21-12-22(28-15-27-21)32-18-6-7-20(26)19(25)11-18/h6-7,11-12,15-17H,8-10,13-14H2,1-5H3/t16-,17+/m0/s1. The SMILES string of the molecule is C[C@@H](CC(=O)N1CCN(c2cc(Oc3ccc(F)c(Cl)c3)ncn2)C[C@H]1C)CC(C)(C)C. The maximum atomic E-state index is 13.4. The molecule has 2 aromatic rings. The number of hydrogen-bond acceptors (Lipinski definition) is 5. The van der Waals surface area contributed by atoms with Crippen LogP contribution in [0.2, 0.25) is 5.02 Å². The Balaban J connectivity index is 1.60. The average Bonchev–Trinajstić information content (AvgIpc) is 2.69. The quantitative estimate of drug-likeness (QED) is 0.562. The largest absolute Gasteiger partial charge is 0.439 e. The Morgan fingerprint density at radius 2 is 2.03 bits per heavy atom. The second-order valence-corrected chi connectivity index (χ2v) is 10.3. The van der Waals surface area contributed by atoms with E-state index in [1.807, 2.05) is 4.90 Å². The van der Waals surface area contributed by atoms with Crippen LogP contribution in [0.3, 0.4) is 0 Å². The van der Waals surface area contributed by atoms with Crippen molar-refractivity contribution in [1.29, 1.82) is 0 Å². The number of anilines is 1. The maximum Gasteiger partial charge on any atom is 0.224 e. The van der Waals surface area contributed by atoms with Gasteiger partial charge in [0.1, 0.15) is 23.7 Å². The van der Waals surface area contributed by atoms with Gasteiger partial charge in [-0.3, -0.25) is 4.79 Å². The van der Waals surface area contributed by atoms with Crippen LogP contribution in [-0.2, 0) is 4.79 Å². The molecule has 1 fully saturated rings. The van der Waals surface area contributed by atoms with E-state index in [1.165, 1.54) is 24.5 Å². The van der Waals surface area contributed by atoms with Crippen LogP contribution >= 0.6 is 11.6 Å². The van der Waals surface area contributed by atoms with Gasteiger partial charge in [-0.2, -0.15) is 0 Å². The third kappa shape index (κ3) is 6.55. The van der Waals surface area contributed by atoms with Gasteiger partial charge in [-0.05, 0) is 36.8 Å². The molecule has 6 nitrogen and oxygen atoms in total. The monoisotopic (exact) mass is 462 g/mol. The zero-order valence-corrected chi connectivity index (χ0v) is 20.2. The van der Waals surface area contributed by atoms with Crippen molar-refractivity contribution >= 4 is 23.3 Å². The van der Waals surface area contributed by atoms with Crippen LogP contribution in [0, 0.1) is 17.2 Å². The number of ether oxygens (including phenoxy) is 1. The Hall–Kier alpha value is -2.41. The minimum atomic E-state index is -0.503. The van der Waals surface area contributed by atoms with E-state index in [1.54, 1.807) is 6.07 Å². The maximum absolute atomic E-state index is 13.4. The van der Waals surface area contributed by atoms with E-state index in [9.17, 15) is 9.18 Å². The average molecular weight is 463 g/mol. The molecule has 1 aromatic heterocycles. The first-order chi connectivity index (χ1) is 15.0. The third-order valence-corrected chi connectivity index (χ3v) is 5.79. The smallest absolute Gasteiger partial charge is 0.224 e. The molecule has 0 unspecified atom stereocenters. The molecule has 2 atom stereocenters. The lowest BCUT2D eigenvalue weighted by Gasteiger charge is -2.41. The lowest BCUT2D eigenvalue weighted by atomic mass is 9.84. The molecule has 1 aromatic carbocycles. The zero-order valence-electron chi connectivity index (χ0n) is 19.4. The number of rotatable bonds is 6. The van der Waals surface area contributed by atoms with Crippen molar-refractivity contribution in [1.82, 2.24) is 14.9 Å². The predicted molar refractivity (Wildman–Crippen MR) is 125 cm³/mol. The van der Waals surface area contributed by atoms with Gasteiger partial charge in [0.25, 0.3) is 0 Å². The predicted octanol–water partition coefficient (Wildman–Crippen LogP) is 5.56. The van der Waals surface area contributed by atoms with Crippen molar-refractivity contribution in [3.8, 4) is 11.6 Å². The first-order valence-corrected chi connectivity index (χ1v) is 11.4. The summed E-state index contributed by atoms with van der Waals surface area (Å²) in [6, 6.07) is 5.97. The van der Waals surface area contributed by atoms with E-state index in [2.05, 4.69) is 49.5 Å². The van der Waals surface area contributed by atoms with Crippen molar-refractivity contribution in [2.24, 2.45) is 11.3 Å². The summed E-state index contributed by atoms with van der Waals surface area (Å²) in [6.07, 6.45) is 3.04. The summed E-state index contributed by atoms with van der Waals surface area (Å²) < 4.78 is 19.1. The second kappa shape index (κ2) is 10.0. The molecule has 1 saturated heterocycles. The molecular formula is C24H32ClFN4O2. The van der Waals surface area contributed by atoms with Crippen LogP contribution in [0.1, 0.15) is 47.5 Å². The van der Waals surface area contributed by atoms with Gasteiger partial charge in [-0.25, -0.2) is 14.4 Å². The highest BCUT2D eigenvalue weighted by atomic mass is 35.5. The molecule has 0 aliphatic carbocycles. The molecule has 8 heteroatoms. The molecule has 0 N–H and O–H groups in total. The number of halogens is 2. The first-order valence-electron chi connectivity index (χ1n) is 11.0. The van der Waals surface area contributed by atoms with E-state index < -0.39 is 5.82 Å². The molecule has 0 spiro atoms. The van der Waals surface area contributed by atoms with E-state index in [0.29, 0.717) is 43.6 Å². The number of benzene rings is 1. The zero-order chi connectivity index (χ0) is 23.5. The molecule has 174 valence electrons. The van der Waals surface area contributed by atoms with Gasteiger partial charge in [0, 0.05) is 44.2 Å². The molecule has 2 heterocycles. The summed E-state index contributed by atoms with van der Waals surface area (Å²) in [6.45, 7) is 12.9. The molecule has 32 heavy (non-hydrogen) atoms. The van der Waals surface area contributed by atoms with Gasteiger partial charge >= 0.3 is 0 Å². The van der Waals surface area contributed by atoms with Gasteiger partial charge in [0.2, 0.25) is 11.8 Å². The normalized spacial score (nSPS) is 17.9. The molecule has 3 rings (SSSR count). The summed E-state index contributed by atoms with van der Waals surface area (Å²) >= 11 is 5.82. The highest BCUT2D eigenvalue weighted by Gasteiger charge is 2.29. The van der Waals surface area contributed by atoms with Crippen molar-refractivity contribution in [2.75, 3.05) is 24.5 Å². The Morgan fingerprint density at radius 3 is 2.69 bits per heavy atom. The minimum absolute atomic E-state index is 0.0109. The molecular weight excluding hydrogens is 431 g/mol. The summed E-state index contributed by atoms with van der Waals surface area (Å²) in [4.78, 5) is 25.5. The Labute approximate surface area is 194 Å². The fraction of sp³-hybridized carbons (Fsp3) is 0.542. The summed E-state index contributed by atoms with van der Waals surface area (Å²) in [5.41, 5.74) is 0.218. The fourth-order valence-corrected chi connectivity index (χ4v) is 4.46. The van der Waals surface area contributed by atoms with E-state index in [-0.39, 0.29) is 22.4 Å². The van der Waals surface area contributed by atoms with Crippen molar-refractivity contribution < 1.29 is 13.9 Å². The molecule has 1 aliphatic rings. The van der Waals surface area contributed by atoms with Gasteiger partial charge < -0.3 is 14.5 Å².